The van der Waals surface area contributed by atoms with Crippen molar-refractivity contribution in [2.24, 2.45) is 0 Å². The number of rotatable bonds is 11. The van der Waals surface area contributed by atoms with Crippen molar-refractivity contribution in [1.29, 1.82) is 0 Å². The van der Waals surface area contributed by atoms with Crippen LogP contribution < -0.4 is 9.47 Å². The molecule has 1 aliphatic heterocycles. The van der Waals surface area contributed by atoms with Gasteiger partial charge >= 0.3 is 0 Å². The van der Waals surface area contributed by atoms with Gasteiger partial charge in [-0.15, -0.1) is 0 Å². The first-order chi connectivity index (χ1) is 22.2. The molecule has 0 atom stereocenters. The van der Waals surface area contributed by atoms with Crippen LogP contribution >= 0.6 is 0 Å². The third-order valence-corrected chi connectivity index (χ3v) is 8.58. The third kappa shape index (κ3) is 9.67. The first kappa shape index (κ1) is 33.2. The van der Waals surface area contributed by atoms with Crippen LogP contribution in [0.4, 0.5) is 0 Å². The highest BCUT2D eigenvalue weighted by atomic mass is 16.6. The van der Waals surface area contributed by atoms with Crippen LogP contribution in [-0.2, 0) is 27.2 Å². The van der Waals surface area contributed by atoms with Gasteiger partial charge in [-0.3, -0.25) is 0 Å². The molecule has 0 saturated carbocycles. The molecule has 0 unspecified atom stereocenters. The Morgan fingerprint density at radius 3 is 1.67 bits per heavy atom. The summed E-state index contributed by atoms with van der Waals surface area (Å²) in [4.78, 5) is 2.50. The van der Waals surface area contributed by atoms with Crippen LogP contribution in [0, 0.1) is 0 Å². The van der Waals surface area contributed by atoms with E-state index < -0.39 is 0 Å². The fourth-order valence-electron chi connectivity index (χ4n) is 6.24. The minimum absolute atomic E-state index is 0.448. The molecule has 6 heteroatoms. The van der Waals surface area contributed by atoms with Crippen LogP contribution in [0.15, 0.2) is 66.7 Å². The smallest absolute Gasteiger partial charge is 0.161 e. The molecule has 0 aliphatic carbocycles. The summed E-state index contributed by atoms with van der Waals surface area (Å²) in [5.41, 5.74) is 3.95. The Morgan fingerprint density at radius 1 is 0.556 bits per heavy atom. The molecule has 1 aliphatic rings. The van der Waals surface area contributed by atoms with E-state index in [4.69, 9.17) is 23.7 Å². The Morgan fingerprint density at radius 2 is 1.07 bits per heavy atom. The SMILES string of the molecule is CCCCCCCCN(C)Cc1c2ccccc2c(Cc2ccc3c(c2)OCCOCCOCCOCCO3)c2ccccc12. The van der Waals surface area contributed by atoms with Crippen molar-refractivity contribution in [3.8, 4) is 11.5 Å². The largest absolute Gasteiger partial charge is 0.487 e. The summed E-state index contributed by atoms with van der Waals surface area (Å²) in [6.45, 7) is 8.43. The third-order valence-electron chi connectivity index (χ3n) is 8.58. The molecule has 0 amide bonds. The molecule has 0 bridgehead atoms. The van der Waals surface area contributed by atoms with E-state index in [0.717, 1.165) is 31.0 Å². The molecule has 0 spiro atoms. The highest BCUT2D eigenvalue weighted by Crippen LogP contribution is 2.36. The van der Waals surface area contributed by atoms with Crippen molar-refractivity contribution >= 4 is 21.5 Å². The van der Waals surface area contributed by atoms with Crippen LogP contribution in [0.1, 0.15) is 62.1 Å². The van der Waals surface area contributed by atoms with Crippen LogP contribution in [-0.4, -0.2) is 71.3 Å². The maximum absolute atomic E-state index is 6.20. The van der Waals surface area contributed by atoms with Crippen LogP contribution in [0.3, 0.4) is 0 Å². The van der Waals surface area contributed by atoms with E-state index in [1.807, 2.05) is 6.07 Å². The molecule has 0 N–H and O–H groups in total. The lowest BCUT2D eigenvalue weighted by Gasteiger charge is -2.22. The standard InChI is InChI=1S/C39H51NO5/c1-3-4-5-6-7-12-19-40(2)30-37-34-15-10-8-13-32(34)36(33-14-9-11-16-35(33)37)28-31-17-18-38-39(29-31)45-27-25-43-23-21-41-20-22-42-24-26-44-38/h8-11,13-18,29H,3-7,12,19-28,30H2,1-2H3. The number of fused-ring (bicyclic) bond motifs is 3. The van der Waals surface area contributed by atoms with Gasteiger partial charge in [0.2, 0.25) is 0 Å². The van der Waals surface area contributed by atoms with E-state index in [0.29, 0.717) is 52.9 Å². The lowest BCUT2D eigenvalue weighted by Crippen LogP contribution is -2.19. The Bertz CT molecular complexity index is 1410. The predicted molar refractivity (Wildman–Crippen MR) is 184 cm³/mol. The number of hydrogen-bond donors (Lipinski definition) is 0. The Labute approximate surface area is 269 Å². The fourth-order valence-corrected chi connectivity index (χ4v) is 6.24. The predicted octanol–water partition coefficient (Wildman–Crippen LogP) is 8.20. The van der Waals surface area contributed by atoms with Crippen LogP contribution in [0.5, 0.6) is 11.5 Å². The molecule has 242 valence electrons. The van der Waals surface area contributed by atoms with Gasteiger partial charge in [-0.1, -0.05) is 93.6 Å². The molecule has 5 rings (SSSR count). The van der Waals surface area contributed by atoms with Crippen molar-refractivity contribution in [2.45, 2.75) is 58.4 Å². The maximum Gasteiger partial charge on any atom is 0.161 e. The van der Waals surface area contributed by atoms with Crippen molar-refractivity contribution in [3.05, 3.63) is 83.4 Å². The second-order valence-corrected chi connectivity index (χ2v) is 12.0. The molecule has 0 radical (unpaired) electrons. The van der Waals surface area contributed by atoms with Gasteiger partial charge in [-0.05, 0) is 76.8 Å². The molecule has 4 aromatic carbocycles. The fraction of sp³-hybridized carbons (Fsp3) is 0.487. The number of benzene rings is 4. The van der Waals surface area contributed by atoms with Gasteiger partial charge in [0.05, 0.1) is 39.6 Å². The second-order valence-electron chi connectivity index (χ2n) is 12.0. The Kier molecular flexibility index (Phi) is 13.4. The zero-order valence-corrected chi connectivity index (χ0v) is 27.4. The summed E-state index contributed by atoms with van der Waals surface area (Å²) in [7, 11) is 2.27. The zero-order valence-electron chi connectivity index (χ0n) is 27.4. The lowest BCUT2D eigenvalue weighted by atomic mass is 9.88. The summed E-state index contributed by atoms with van der Waals surface area (Å²) in [5.74, 6) is 1.47. The van der Waals surface area contributed by atoms with E-state index in [1.165, 1.54) is 76.8 Å². The van der Waals surface area contributed by atoms with Gasteiger partial charge in [0.25, 0.3) is 0 Å². The highest BCUT2D eigenvalue weighted by Gasteiger charge is 2.17. The molecule has 4 aromatic rings. The highest BCUT2D eigenvalue weighted by molar-refractivity contribution is 6.06. The summed E-state index contributed by atoms with van der Waals surface area (Å²) >= 11 is 0. The Hall–Kier alpha value is -3.16. The molecule has 6 nitrogen and oxygen atoms in total. The number of unbranched alkanes of at least 4 members (excludes halogenated alkanes) is 5. The number of ether oxygens (including phenoxy) is 5. The first-order valence-electron chi connectivity index (χ1n) is 17.0. The normalized spacial score (nSPS) is 15.3. The average Bonchev–Trinajstić information content (AvgIpc) is 3.07. The van der Waals surface area contributed by atoms with Crippen LogP contribution in [0.2, 0.25) is 0 Å². The molecule has 45 heavy (non-hydrogen) atoms. The quantitative estimate of drug-likeness (QED) is 0.126. The van der Waals surface area contributed by atoms with E-state index in [1.54, 1.807) is 0 Å². The van der Waals surface area contributed by atoms with Gasteiger partial charge in [-0.2, -0.15) is 0 Å². The molecular formula is C39H51NO5. The van der Waals surface area contributed by atoms with E-state index >= 15 is 0 Å². The lowest BCUT2D eigenvalue weighted by molar-refractivity contribution is 0.00708. The summed E-state index contributed by atoms with van der Waals surface area (Å²) < 4.78 is 29.1. The number of nitrogens with zero attached hydrogens (tertiary/aromatic N) is 1. The molecule has 0 aromatic heterocycles. The summed E-state index contributed by atoms with van der Waals surface area (Å²) in [6.07, 6.45) is 8.73. The Balaban J connectivity index is 1.39. The van der Waals surface area contributed by atoms with Crippen molar-refractivity contribution < 1.29 is 23.7 Å². The van der Waals surface area contributed by atoms with Gasteiger partial charge in [0.15, 0.2) is 11.5 Å². The molecular weight excluding hydrogens is 562 g/mol. The maximum atomic E-state index is 6.20. The van der Waals surface area contributed by atoms with Gasteiger partial charge in [-0.25, -0.2) is 0 Å². The topological polar surface area (TPSA) is 49.4 Å². The first-order valence-corrected chi connectivity index (χ1v) is 17.0. The second kappa shape index (κ2) is 18.1. The summed E-state index contributed by atoms with van der Waals surface area (Å²) in [6, 6.07) is 24.2. The van der Waals surface area contributed by atoms with Crippen molar-refractivity contribution in [2.75, 3.05) is 66.4 Å². The van der Waals surface area contributed by atoms with Crippen LogP contribution in [0.25, 0.3) is 21.5 Å². The number of hydrogen-bond acceptors (Lipinski definition) is 6. The molecule has 1 heterocycles. The monoisotopic (exact) mass is 613 g/mol. The zero-order chi connectivity index (χ0) is 31.1. The minimum Gasteiger partial charge on any atom is -0.487 e. The minimum atomic E-state index is 0.448. The van der Waals surface area contributed by atoms with E-state index in [9.17, 15) is 0 Å². The molecule has 0 saturated heterocycles. The van der Waals surface area contributed by atoms with Gasteiger partial charge in [0.1, 0.15) is 13.2 Å². The van der Waals surface area contributed by atoms with Crippen molar-refractivity contribution in [1.82, 2.24) is 4.90 Å². The van der Waals surface area contributed by atoms with E-state index in [2.05, 4.69) is 79.5 Å². The van der Waals surface area contributed by atoms with E-state index in [-0.39, 0.29) is 0 Å². The van der Waals surface area contributed by atoms with Gasteiger partial charge in [0, 0.05) is 6.54 Å². The van der Waals surface area contributed by atoms with Gasteiger partial charge < -0.3 is 28.6 Å². The molecule has 0 fully saturated rings. The summed E-state index contributed by atoms with van der Waals surface area (Å²) in [5, 5.41) is 5.33. The average molecular weight is 614 g/mol. The van der Waals surface area contributed by atoms with Crippen molar-refractivity contribution in [3.63, 3.8) is 0 Å².